The van der Waals surface area contributed by atoms with E-state index in [9.17, 15) is 18.0 Å². The zero-order chi connectivity index (χ0) is 23.4. The van der Waals surface area contributed by atoms with Gasteiger partial charge in [-0.15, -0.1) is 0 Å². The number of rotatable bonds is 6. The first-order chi connectivity index (χ1) is 15.9. The van der Waals surface area contributed by atoms with E-state index >= 15 is 0 Å². The first-order valence-electron chi connectivity index (χ1n) is 10.6. The molecule has 0 fully saturated rings. The van der Waals surface area contributed by atoms with E-state index in [0.29, 0.717) is 23.4 Å². The summed E-state index contributed by atoms with van der Waals surface area (Å²) in [6.45, 7) is 1.67. The normalized spacial score (nSPS) is 11.4. The van der Waals surface area contributed by atoms with Crippen LogP contribution < -0.4 is 5.32 Å². The van der Waals surface area contributed by atoms with Gasteiger partial charge in [0.05, 0.1) is 22.5 Å². The van der Waals surface area contributed by atoms with E-state index < -0.39 is 17.6 Å². The molecule has 1 heterocycles. The van der Waals surface area contributed by atoms with E-state index in [-0.39, 0.29) is 12.1 Å². The summed E-state index contributed by atoms with van der Waals surface area (Å²) in [7, 11) is 0. The Morgan fingerprint density at radius 1 is 0.909 bits per heavy atom. The van der Waals surface area contributed by atoms with Crippen LogP contribution in [-0.2, 0) is 19.1 Å². The predicted molar refractivity (Wildman–Crippen MR) is 121 cm³/mol. The molecule has 1 N–H and O–H groups in total. The van der Waals surface area contributed by atoms with Gasteiger partial charge in [-0.25, -0.2) is 4.68 Å². The van der Waals surface area contributed by atoms with Gasteiger partial charge in [-0.3, -0.25) is 4.79 Å². The van der Waals surface area contributed by atoms with E-state index in [1.807, 2.05) is 67.6 Å². The summed E-state index contributed by atoms with van der Waals surface area (Å²) in [5.74, 6) is -0.468. The number of halogens is 3. The summed E-state index contributed by atoms with van der Waals surface area (Å²) in [4.78, 5) is 13.4. The van der Waals surface area contributed by atoms with Gasteiger partial charge >= 0.3 is 6.18 Å². The van der Waals surface area contributed by atoms with Crippen LogP contribution in [0.25, 0.3) is 16.9 Å². The lowest BCUT2D eigenvalue weighted by atomic mass is 10.0. The van der Waals surface area contributed by atoms with Crippen LogP contribution in [0.1, 0.15) is 34.1 Å². The molecule has 4 nitrogen and oxygen atoms in total. The van der Waals surface area contributed by atoms with Gasteiger partial charge < -0.3 is 5.32 Å². The van der Waals surface area contributed by atoms with Crippen molar-refractivity contribution in [2.24, 2.45) is 0 Å². The van der Waals surface area contributed by atoms with Crippen molar-refractivity contribution < 1.29 is 18.0 Å². The Morgan fingerprint density at radius 3 is 2.15 bits per heavy atom. The van der Waals surface area contributed by atoms with Crippen molar-refractivity contribution in [3.05, 3.63) is 107 Å². The van der Waals surface area contributed by atoms with Crippen molar-refractivity contribution in [1.82, 2.24) is 15.1 Å². The van der Waals surface area contributed by atoms with Gasteiger partial charge in [0.2, 0.25) is 0 Å². The Labute approximate surface area is 189 Å². The molecule has 0 aliphatic rings. The van der Waals surface area contributed by atoms with Crippen LogP contribution in [0.2, 0.25) is 0 Å². The lowest BCUT2D eigenvalue weighted by Gasteiger charge is -2.14. The Bertz CT molecular complexity index is 1250. The number of alkyl halides is 3. The number of nitrogens with one attached hydrogen (secondary N) is 1. The molecule has 168 valence electrons. The maximum atomic E-state index is 13.4. The number of para-hydroxylation sites is 1. The molecule has 4 aromatic rings. The summed E-state index contributed by atoms with van der Waals surface area (Å²) >= 11 is 0. The highest BCUT2D eigenvalue weighted by Gasteiger charge is 2.33. The van der Waals surface area contributed by atoms with Gasteiger partial charge in [-0.05, 0) is 30.2 Å². The Kier molecular flexibility index (Phi) is 6.31. The monoisotopic (exact) mass is 449 g/mol. The number of amides is 1. The van der Waals surface area contributed by atoms with Crippen molar-refractivity contribution >= 4 is 5.91 Å². The topological polar surface area (TPSA) is 46.9 Å². The van der Waals surface area contributed by atoms with E-state index in [1.54, 1.807) is 4.68 Å². The highest BCUT2D eigenvalue weighted by Crippen LogP contribution is 2.32. The number of carbonyl (C=O) groups excluding carboxylic acids is 1. The van der Waals surface area contributed by atoms with Crippen LogP contribution in [-0.4, -0.2) is 15.7 Å². The maximum Gasteiger partial charge on any atom is 0.416 e. The molecule has 0 atom stereocenters. The highest BCUT2D eigenvalue weighted by atomic mass is 19.4. The molecule has 0 unspecified atom stereocenters. The number of carbonyl (C=O) groups is 1. The first-order valence-corrected chi connectivity index (χ1v) is 10.6. The highest BCUT2D eigenvalue weighted by molar-refractivity contribution is 6.01. The van der Waals surface area contributed by atoms with Crippen molar-refractivity contribution in [3.63, 3.8) is 0 Å². The minimum atomic E-state index is -4.50. The fraction of sp³-hybridized carbons (Fsp3) is 0.154. The van der Waals surface area contributed by atoms with E-state index in [1.165, 1.54) is 18.2 Å². The van der Waals surface area contributed by atoms with Crippen molar-refractivity contribution in [3.8, 4) is 16.9 Å². The molecule has 0 saturated carbocycles. The third kappa shape index (κ3) is 4.67. The van der Waals surface area contributed by atoms with Gasteiger partial charge in [-0.1, -0.05) is 73.7 Å². The lowest BCUT2D eigenvalue weighted by molar-refractivity contribution is -0.138. The third-order valence-electron chi connectivity index (χ3n) is 5.35. The molecular formula is C26H22F3N3O. The lowest BCUT2D eigenvalue weighted by Crippen LogP contribution is -2.26. The Hall–Kier alpha value is -3.87. The van der Waals surface area contributed by atoms with Crippen molar-refractivity contribution in [1.29, 1.82) is 0 Å². The van der Waals surface area contributed by atoms with Crippen LogP contribution in [0.4, 0.5) is 13.2 Å². The average Bonchev–Trinajstić information content (AvgIpc) is 3.23. The molecule has 4 rings (SSSR count). The Morgan fingerprint density at radius 2 is 1.52 bits per heavy atom. The average molecular weight is 449 g/mol. The third-order valence-corrected chi connectivity index (χ3v) is 5.35. The molecule has 0 bridgehead atoms. The van der Waals surface area contributed by atoms with Crippen molar-refractivity contribution in [2.45, 2.75) is 26.1 Å². The summed E-state index contributed by atoms with van der Waals surface area (Å²) < 4.78 is 41.8. The van der Waals surface area contributed by atoms with E-state index in [0.717, 1.165) is 17.3 Å². The van der Waals surface area contributed by atoms with Gasteiger partial charge in [0.25, 0.3) is 5.91 Å². The second kappa shape index (κ2) is 9.32. The van der Waals surface area contributed by atoms with Crippen LogP contribution in [0.5, 0.6) is 0 Å². The molecule has 1 aromatic heterocycles. The molecule has 1 amide bonds. The molecular weight excluding hydrogens is 427 g/mol. The standard InChI is InChI=1S/C26H22F3N3O/c1-2-22-23(25(33)30-17-19-13-9-10-16-21(19)26(27,28)29)24(18-11-5-3-6-12-18)31-32(22)20-14-7-4-8-15-20/h3-16H,2,17H2,1H3,(H,30,33). The smallest absolute Gasteiger partial charge is 0.348 e. The quantitative estimate of drug-likeness (QED) is 0.390. The predicted octanol–water partition coefficient (Wildman–Crippen LogP) is 6.05. The second-order valence-corrected chi connectivity index (χ2v) is 7.47. The zero-order valence-corrected chi connectivity index (χ0v) is 17.9. The number of hydrogen-bond donors (Lipinski definition) is 1. The molecule has 0 spiro atoms. The molecule has 0 saturated heterocycles. The SMILES string of the molecule is CCc1c(C(=O)NCc2ccccc2C(F)(F)F)c(-c2ccccc2)nn1-c1ccccc1. The molecule has 0 radical (unpaired) electrons. The number of nitrogens with zero attached hydrogens (tertiary/aromatic N) is 2. The fourth-order valence-corrected chi connectivity index (χ4v) is 3.81. The van der Waals surface area contributed by atoms with Gasteiger partial charge in [0.15, 0.2) is 0 Å². The second-order valence-electron chi connectivity index (χ2n) is 7.47. The van der Waals surface area contributed by atoms with Gasteiger partial charge in [0.1, 0.15) is 5.69 Å². The molecule has 3 aromatic carbocycles. The zero-order valence-electron chi connectivity index (χ0n) is 17.9. The molecule has 0 aliphatic carbocycles. The van der Waals surface area contributed by atoms with E-state index in [4.69, 9.17) is 5.10 Å². The fourth-order valence-electron chi connectivity index (χ4n) is 3.81. The van der Waals surface area contributed by atoms with E-state index in [2.05, 4.69) is 5.32 Å². The van der Waals surface area contributed by atoms with Crippen LogP contribution in [0.15, 0.2) is 84.9 Å². The van der Waals surface area contributed by atoms with Gasteiger partial charge in [0, 0.05) is 12.1 Å². The molecule has 33 heavy (non-hydrogen) atoms. The van der Waals surface area contributed by atoms with Crippen LogP contribution >= 0.6 is 0 Å². The summed E-state index contributed by atoms with van der Waals surface area (Å²) in [5, 5.41) is 7.42. The summed E-state index contributed by atoms with van der Waals surface area (Å²) in [6, 6.07) is 24.0. The summed E-state index contributed by atoms with van der Waals surface area (Å²) in [5.41, 5.74) is 2.32. The van der Waals surface area contributed by atoms with Crippen molar-refractivity contribution in [2.75, 3.05) is 0 Å². The minimum Gasteiger partial charge on any atom is -0.348 e. The first kappa shape index (κ1) is 22.3. The number of aromatic nitrogens is 2. The largest absolute Gasteiger partial charge is 0.416 e. The molecule has 7 heteroatoms. The maximum absolute atomic E-state index is 13.4. The molecule has 0 aliphatic heterocycles. The van der Waals surface area contributed by atoms with Crippen LogP contribution in [0.3, 0.4) is 0 Å². The van der Waals surface area contributed by atoms with Crippen LogP contribution in [0, 0.1) is 0 Å². The number of hydrogen-bond acceptors (Lipinski definition) is 2. The Balaban J connectivity index is 1.75. The van der Waals surface area contributed by atoms with Gasteiger partial charge in [-0.2, -0.15) is 18.3 Å². The minimum absolute atomic E-state index is 0.00751. The summed E-state index contributed by atoms with van der Waals surface area (Å²) in [6.07, 6.45) is -3.99. The number of benzene rings is 3.